The van der Waals surface area contributed by atoms with E-state index < -0.39 is 0 Å². The average molecular weight is 340 g/mol. The van der Waals surface area contributed by atoms with Gasteiger partial charge in [0.2, 0.25) is 0 Å². The highest BCUT2D eigenvalue weighted by Crippen LogP contribution is 2.18. The molecule has 100 valence electrons. The Morgan fingerprint density at radius 2 is 2.32 bits per heavy atom. The Kier molecular flexibility index (Phi) is 5.10. The van der Waals surface area contributed by atoms with Crippen molar-refractivity contribution in [3.63, 3.8) is 0 Å². The number of hydrogen-bond donors (Lipinski definition) is 0. The summed E-state index contributed by atoms with van der Waals surface area (Å²) in [7, 11) is 0. The van der Waals surface area contributed by atoms with Gasteiger partial charge in [0.25, 0.3) is 0 Å². The van der Waals surface area contributed by atoms with Gasteiger partial charge in [-0.2, -0.15) is 0 Å². The van der Waals surface area contributed by atoms with Gasteiger partial charge in [-0.1, -0.05) is 28.1 Å². The normalized spacial score (nSPS) is 10.4. The van der Waals surface area contributed by atoms with Crippen molar-refractivity contribution >= 4 is 33.2 Å². The summed E-state index contributed by atoms with van der Waals surface area (Å²) in [5.41, 5.74) is 1.99. The predicted octanol–water partition coefficient (Wildman–Crippen LogP) is 3.60. The molecule has 0 bridgehead atoms. The molecule has 0 unspecified atom stereocenters. The van der Waals surface area contributed by atoms with Crippen LogP contribution in [0.2, 0.25) is 0 Å². The monoisotopic (exact) mass is 339 g/mol. The van der Waals surface area contributed by atoms with E-state index in [2.05, 4.69) is 33.0 Å². The summed E-state index contributed by atoms with van der Waals surface area (Å²) in [4.78, 5) is 15.8. The standard InChI is InChI=1S/C14H14BrNO2S/c1-2-18-14(17)8-12-9-19-13(16-12)7-10-4-3-5-11(15)6-10/h3-6,9H,2,7-8H2,1H3. The molecule has 0 saturated carbocycles. The molecule has 0 spiro atoms. The van der Waals surface area contributed by atoms with Gasteiger partial charge in [-0.05, 0) is 24.6 Å². The molecule has 2 aromatic rings. The number of nitrogens with zero attached hydrogens (tertiary/aromatic N) is 1. The first-order chi connectivity index (χ1) is 9.17. The Balaban J connectivity index is 1.99. The van der Waals surface area contributed by atoms with Crippen LogP contribution >= 0.6 is 27.3 Å². The van der Waals surface area contributed by atoms with Crippen molar-refractivity contribution in [3.8, 4) is 0 Å². The quantitative estimate of drug-likeness (QED) is 0.781. The molecule has 1 heterocycles. The Morgan fingerprint density at radius 3 is 3.05 bits per heavy atom. The van der Waals surface area contributed by atoms with Gasteiger partial charge in [-0.25, -0.2) is 4.98 Å². The van der Waals surface area contributed by atoms with Crippen LogP contribution in [0.4, 0.5) is 0 Å². The molecule has 5 heteroatoms. The van der Waals surface area contributed by atoms with Gasteiger partial charge in [0, 0.05) is 16.3 Å². The van der Waals surface area contributed by atoms with E-state index in [0.29, 0.717) is 6.61 Å². The van der Waals surface area contributed by atoms with Crippen LogP contribution in [0.25, 0.3) is 0 Å². The molecule has 0 amide bonds. The molecular formula is C14H14BrNO2S. The second-order valence-electron chi connectivity index (χ2n) is 4.02. The molecule has 0 atom stereocenters. The summed E-state index contributed by atoms with van der Waals surface area (Å²) in [6, 6.07) is 8.15. The van der Waals surface area contributed by atoms with Crippen molar-refractivity contribution in [1.82, 2.24) is 4.98 Å². The van der Waals surface area contributed by atoms with Crippen LogP contribution in [0.3, 0.4) is 0 Å². The fourth-order valence-corrected chi connectivity index (χ4v) is 2.97. The zero-order valence-corrected chi connectivity index (χ0v) is 13.0. The van der Waals surface area contributed by atoms with Gasteiger partial charge in [-0.3, -0.25) is 4.79 Å². The molecular weight excluding hydrogens is 326 g/mol. The van der Waals surface area contributed by atoms with Crippen molar-refractivity contribution in [2.24, 2.45) is 0 Å². The van der Waals surface area contributed by atoms with E-state index in [-0.39, 0.29) is 12.4 Å². The number of aromatic nitrogens is 1. The van der Waals surface area contributed by atoms with E-state index in [1.807, 2.05) is 17.5 Å². The summed E-state index contributed by atoms with van der Waals surface area (Å²) in [5, 5.41) is 2.93. The minimum absolute atomic E-state index is 0.221. The van der Waals surface area contributed by atoms with Crippen LogP contribution in [-0.2, 0) is 22.4 Å². The maximum absolute atomic E-state index is 11.4. The Labute approximate surface area is 124 Å². The maximum Gasteiger partial charge on any atom is 0.311 e. The van der Waals surface area contributed by atoms with Gasteiger partial charge in [-0.15, -0.1) is 11.3 Å². The number of ether oxygens (including phenoxy) is 1. The van der Waals surface area contributed by atoms with Gasteiger partial charge in [0.05, 0.1) is 23.7 Å². The molecule has 0 fully saturated rings. The lowest BCUT2D eigenvalue weighted by Crippen LogP contribution is -2.07. The Bertz CT molecular complexity index is 568. The van der Waals surface area contributed by atoms with Crippen LogP contribution in [0.1, 0.15) is 23.2 Å². The van der Waals surface area contributed by atoms with Crippen LogP contribution < -0.4 is 0 Å². The number of halogens is 1. The molecule has 0 aliphatic rings. The molecule has 1 aromatic carbocycles. The highest BCUT2D eigenvalue weighted by Gasteiger charge is 2.08. The number of hydrogen-bond acceptors (Lipinski definition) is 4. The summed E-state index contributed by atoms with van der Waals surface area (Å²) < 4.78 is 5.97. The second kappa shape index (κ2) is 6.82. The number of rotatable bonds is 5. The third-order valence-electron chi connectivity index (χ3n) is 2.47. The van der Waals surface area contributed by atoms with Crippen molar-refractivity contribution in [2.75, 3.05) is 6.61 Å². The summed E-state index contributed by atoms with van der Waals surface area (Å²) in [5.74, 6) is -0.221. The van der Waals surface area contributed by atoms with E-state index in [1.165, 1.54) is 5.56 Å². The average Bonchev–Trinajstić information content (AvgIpc) is 2.76. The molecule has 0 N–H and O–H groups in total. The smallest absolute Gasteiger partial charge is 0.311 e. The van der Waals surface area contributed by atoms with Gasteiger partial charge >= 0.3 is 5.97 Å². The van der Waals surface area contributed by atoms with Gasteiger partial charge in [0.15, 0.2) is 0 Å². The first-order valence-corrected chi connectivity index (χ1v) is 7.68. The van der Waals surface area contributed by atoms with Crippen LogP contribution in [0.15, 0.2) is 34.1 Å². The molecule has 0 aliphatic heterocycles. The molecule has 3 nitrogen and oxygen atoms in total. The molecule has 19 heavy (non-hydrogen) atoms. The van der Waals surface area contributed by atoms with E-state index in [9.17, 15) is 4.79 Å². The topological polar surface area (TPSA) is 39.2 Å². The van der Waals surface area contributed by atoms with E-state index in [0.717, 1.165) is 21.6 Å². The highest BCUT2D eigenvalue weighted by molar-refractivity contribution is 9.10. The number of thiazole rings is 1. The zero-order valence-electron chi connectivity index (χ0n) is 10.6. The minimum Gasteiger partial charge on any atom is -0.466 e. The summed E-state index contributed by atoms with van der Waals surface area (Å²) in [6.45, 7) is 2.21. The van der Waals surface area contributed by atoms with Crippen LogP contribution in [0.5, 0.6) is 0 Å². The number of esters is 1. The van der Waals surface area contributed by atoms with E-state index >= 15 is 0 Å². The van der Waals surface area contributed by atoms with Gasteiger partial charge < -0.3 is 4.74 Å². The second-order valence-corrected chi connectivity index (χ2v) is 5.88. The molecule has 1 aromatic heterocycles. The van der Waals surface area contributed by atoms with Crippen LogP contribution in [-0.4, -0.2) is 17.6 Å². The van der Waals surface area contributed by atoms with E-state index in [4.69, 9.17) is 4.74 Å². The van der Waals surface area contributed by atoms with Crippen molar-refractivity contribution in [1.29, 1.82) is 0 Å². The van der Waals surface area contributed by atoms with Crippen molar-refractivity contribution in [3.05, 3.63) is 50.4 Å². The zero-order chi connectivity index (χ0) is 13.7. The summed E-state index contributed by atoms with van der Waals surface area (Å²) >= 11 is 5.03. The van der Waals surface area contributed by atoms with Gasteiger partial charge in [0.1, 0.15) is 0 Å². The van der Waals surface area contributed by atoms with Crippen LogP contribution in [0, 0.1) is 0 Å². The Morgan fingerprint density at radius 1 is 1.47 bits per heavy atom. The third kappa shape index (κ3) is 4.44. The fraction of sp³-hybridized carbons (Fsp3) is 0.286. The molecule has 0 aliphatic carbocycles. The lowest BCUT2D eigenvalue weighted by atomic mass is 10.2. The lowest BCUT2D eigenvalue weighted by Gasteiger charge is -1.99. The lowest BCUT2D eigenvalue weighted by molar-refractivity contribution is -0.142. The molecule has 2 rings (SSSR count). The SMILES string of the molecule is CCOC(=O)Cc1csc(Cc2cccc(Br)c2)n1. The highest BCUT2D eigenvalue weighted by atomic mass is 79.9. The van der Waals surface area contributed by atoms with Crippen molar-refractivity contribution < 1.29 is 9.53 Å². The largest absolute Gasteiger partial charge is 0.466 e. The minimum atomic E-state index is -0.221. The first-order valence-electron chi connectivity index (χ1n) is 6.00. The summed E-state index contributed by atoms with van der Waals surface area (Å²) in [6.07, 6.45) is 1.04. The molecule has 0 saturated heterocycles. The fourth-order valence-electron chi connectivity index (χ4n) is 1.69. The Hall–Kier alpha value is -1.20. The number of benzene rings is 1. The molecule has 0 radical (unpaired) electrons. The maximum atomic E-state index is 11.4. The predicted molar refractivity (Wildman–Crippen MR) is 79.4 cm³/mol. The number of carbonyl (C=O) groups excluding carboxylic acids is 1. The van der Waals surface area contributed by atoms with E-state index in [1.54, 1.807) is 18.3 Å². The number of carbonyl (C=O) groups is 1. The van der Waals surface area contributed by atoms with Crippen molar-refractivity contribution in [2.45, 2.75) is 19.8 Å². The first kappa shape index (κ1) is 14.2. The third-order valence-corrected chi connectivity index (χ3v) is 3.87.